The monoisotopic (exact) mass is 241 g/mol. The quantitative estimate of drug-likeness (QED) is 0.854. The molecular formula is C11H19N3OS. The molecule has 0 spiro atoms. The molecule has 4 nitrogen and oxygen atoms in total. The van der Waals surface area contributed by atoms with Gasteiger partial charge >= 0.3 is 0 Å². The molecule has 0 aliphatic carbocycles. The highest BCUT2D eigenvalue weighted by atomic mass is 32.1. The fourth-order valence-corrected chi connectivity index (χ4v) is 2.70. The number of aromatic nitrogens is 1. The van der Waals surface area contributed by atoms with E-state index in [9.17, 15) is 0 Å². The maximum Gasteiger partial charge on any atom is 0.0897 e. The smallest absolute Gasteiger partial charge is 0.0897 e. The second kappa shape index (κ2) is 4.79. The molecule has 1 aliphatic rings. The Morgan fingerprint density at radius 2 is 2.50 bits per heavy atom. The number of ether oxygens (including phenoxy) is 1. The molecular weight excluding hydrogens is 222 g/mol. The number of likely N-dealkylation sites (N-methyl/N-ethyl adjacent to an activating group) is 1. The van der Waals surface area contributed by atoms with Crippen LogP contribution in [0.1, 0.15) is 17.1 Å². The van der Waals surface area contributed by atoms with Crippen molar-refractivity contribution in [2.24, 2.45) is 5.73 Å². The van der Waals surface area contributed by atoms with Crippen LogP contribution in [0, 0.1) is 6.92 Å². The Morgan fingerprint density at radius 3 is 3.06 bits per heavy atom. The maximum atomic E-state index is 6.23. The summed E-state index contributed by atoms with van der Waals surface area (Å²) in [6.45, 7) is 5.23. The average Bonchev–Trinajstić information content (AvgIpc) is 2.75. The Hall–Kier alpha value is -0.490. The maximum absolute atomic E-state index is 6.23. The highest BCUT2D eigenvalue weighted by Crippen LogP contribution is 2.17. The molecule has 0 amide bonds. The van der Waals surface area contributed by atoms with E-state index in [-0.39, 0.29) is 5.54 Å². The summed E-state index contributed by atoms with van der Waals surface area (Å²) in [7, 11) is 2.08. The molecule has 1 atom stereocenters. The standard InChI is InChI=1S/C11H19N3OS/c1-9-13-10(6-16-9)5-14(2)7-11(12)3-4-15-8-11/h6H,3-5,7-8,12H2,1-2H3. The summed E-state index contributed by atoms with van der Waals surface area (Å²) >= 11 is 1.69. The molecule has 1 unspecified atom stereocenters. The van der Waals surface area contributed by atoms with E-state index in [1.54, 1.807) is 11.3 Å². The van der Waals surface area contributed by atoms with E-state index in [2.05, 4.69) is 22.3 Å². The highest BCUT2D eigenvalue weighted by molar-refractivity contribution is 7.09. The Bertz CT molecular complexity index is 347. The molecule has 2 rings (SSSR count). The first kappa shape index (κ1) is 12.0. The van der Waals surface area contributed by atoms with E-state index in [0.717, 1.165) is 36.8 Å². The van der Waals surface area contributed by atoms with E-state index in [0.29, 0.717) is 6.61 Å². The van der Waals surface area contributed by atoms with Gasteiger partial charge in [-0.25, -0.2) is 4.98 Å². The van der Waals surface area contributed by atoms with Gasteiger partial charge in [0.2, 0.25) is 0 Å². The minimum Gasteiger partial charge on any atom is -0.379 e. The first-order valence-corrected chi connectivity index (χ1v) is 6.42. The summed E-state index contributed by atoms with van der Waals surface area (Å²) in [5.41, 5.74) is 7.20. The molecule has 1 saturated heterocycles. The number of rotatable bonds is 4. The van der Waals surface area contributed by atoms with Gasteiger partial charge in [0.25, 0.3) is 0 Å². The third kappa shape index (κ3) is 3.01. The van der Waals surface area contributed by atoms with E-state index in [1.807, 2.05) is 6.92 Å². The van der Waals surface area contributed by atoms with Crippen LogP contribution in [0.4, 0.5) is 0 Å². The first-order chi connectivity index (χ1) is 7.57. The zero-order valence-corrected chi connectivity index (χ0v) is 10.7. The SMILES string of the molecule is Cc1nc(CN(C)CC2(N)CCOC2)cs1. The van der Waals surface area contributed by atoms with E-state index in [1.165, 1.54) is 0 Å². The predicted molar refractivity (Wildman–Crippen MR) is 65.5 cm³/mol. The third-order valence-electron chi connectivity index (χ3n) is 2.82. The van der Waals surface area contributed by atoms with Gasteiger partial charge in [-0.05, 0) is 20.4 Å². The number of thiazole rings is 1. The number of hydrogen-bond donors (Lipinski definition) is 1. The lowest BCUT2D eigenvalue weighted by molar-refractivity contribution is 0.159. The molecule has 16 heavy (non-hydrogen) atoms. The Labute approximate surface area is 100 Å². The van der Waals surface area contributed by atoms with Crippen molar-refractivity contribution in [3.8, 4) is 0 Å². The number of hydrogen-bond acceptors (Lipinski definition) is 5. The van der Waals surface area contributed by atoms with Crippen LogP contribution in [0.25, 0.3) is 0 Å². The zero-order chi connectivity index (χ0) is 11.6. The molecule has 2 heterocycles. The molecule has 2 N–H and O–H groups in total. The molecule has 90 valence electrons. The average molecular weight is 241 g/mol. The topological polar surface area (TPSA) is 51.4 Å². The van der Waals surface area contributed by atoms with Crippen LogP contribution in [0.2, 0.25) is 0 Å². The van der Waals surface area contributed by atoms with Crippen molar-refractivity contribution < 1.29 is 4.74 Å². The first-order valence-electron chi connectivity index (χ1n) is 5.54. The minimum atomic E-state index is -0.167. The van der Waals surface area contributed by atoms with Crippen LogP contribution in [0.15, 0.2) is 5.38 Å². The fraction of sp³-hybridized carbons (Fsp3) is 0.727. The van der Waals surface area contributed by atoms with Crippen LogP contribution in [-0.4, -0.2) is 42.2 Å². The van der Waals surface area contributed by atoms with Crippen LogP contribution in [0.5, 0.6) is 0 Å². The summed E-state index contributed by atoms with van der Waals surface area (Å²) in [5, 5.41) is 3.23. The van der Waals surface area contributed by atoms with Gasteiger partial charge in [-0.3, -0.25) is 4.90 Å². The van der Waals surface area contributed by atoms with Crippen molar-refractivity contribution in [3.05, 3.63) is 16.1 Å². The summed E-state index contributed by atoms with van der Waals surface area (Å²) in [5.74, 6) is 0. The molecule has 1 aromatic heterocycles. The van der Waals surface area contributed by atoms with Gasteiger partial charge in [-0.1, -0.05) is 0 Å². The molecule has 0 radical (unpaired) electrons. The zero-order valence-electron chi connectivity index (χ0n) is 9.90. The molecule has 5 heteroatoms. The summed E-state index contributed by atoms with van der Waals surface area (Å²) < 4.78 is 5.35. The van der Waals surface area contributed by atoms with Gasteiger partial charge < -0.3 is 10.5 Å². The summed E-state index contributed by atoms with van der Waals surface area (Å²) in [6.07, 6.45) is 0.952. The van der Waals surface area contributed by atoms with Crippen molar-refractivity contribution in [1.29, 1.82) is 0 Å². The summed E-state index contributed by atoms with van der Waals surface area (Å²) in [4.78, 5) is 6.68. The molecule has 1 aliphatic heterocycles. The van der Waals surface area contributed by atoms with Gasteiger partial charge in [-0.15, -0.1) is 11.3 Å². The van der Waals surface area contributed by atoms with Gasteiger partial charge in [0, 0.05) is 25.1 Å². The fourth-order valence-electron chi connectivity index (χ4n) is 2.10. The van der Waals surface area contributed by atoms with Crippen LogP contribution in [0.3, 0.4) is 0 Å². The normalized spacial score (nSPS) is 25.5. The van der Waals surface area contributed by atoms with Gasteiger partial charge in [0.1, 0.15) is 0 Å². The van der Waals surface area contributed by atoms with E-state index < -0.39 is 0 Å². The van der Waals surface area contributed by atoms with Crippen molar-refractivity contribution in [2.45, 2.75) is 25.4 Å². The lowest BCUT2D eigenvalue weighted by atomic mass is 10.00. The molecule has 0 bridgehead atoms. The second-order valence-electron chi connectivity index (χ2n) is 4.70. The van der Waals surface area contributed by atoms with Gasteiger partial charge in [0.15, 0.2) is 0 Å². The molecule has 0 saturated carbocycles. The lowest BCUT2D eigenvalue weighted by Gasteiger charge is -2.27. The van der Waals surface area contributed by atoms with Crippen LogP contribution < -0.4 is 5.73 Å². The summed E-state index contributed by atoms with van der Waals surface area (Å²) in [6, 6.07) is 0. The number of nitrogens with two attached hydrogens (primary N) is 1. The Kier molecular flexibility index (Phi) is 3.59. The van der Waals surface area contributed by atoms with Gasteiger partial charge in [0.05, 0.1) is 22.8 Å². The van der Waals surface area contributed by atoms with Crippen molar-refractivity contribution >= 4 is 11.3 Å². The van der Waals surface area contributed by atoms with Crippen LogP contribution >= 0.6 is 11.3 Å². The molecule has 0 aromatic carbocycles. The Balaban J connectivity index is 1.86. The van der Waals surface area contributed by atoms with Crippen molar-refractivity contribution in [2.75, 3.05) is 26.8 Å². The second-order valence-corrected chi connectivity index (χ2v) is 5.76. The predicted octanol–water partition coefficient (Wildman–Crippen LogP) is 1.00. The number of nitrogens with zero attached hydrogens (tertiary/aromatic N) is 2. The van der Waals surface area contributed by atoms with Crippen LogP contribution in [-0.2, 0) is 11.3 Å². The molecule has 1 aromatic rings. The van der Waals surface area contributed by atoms with Crippen molar-refractivity contribution in [3.63, 3.8) is 0 Å². The van der Waals surface area contributed by atoms with E-state index >= 15 is 0 Å². The van der Waals surface area contributed by atoms with E-state index in [4.69, 9.17) is 10.5 Å². The Morgan fingerprint density at radius 1 is 1.69 bits per heavy atom. The van der Waals surface area contributed by atoms with Gasteiger partial charge in [-0.2, -0.15) is 0 Å². The van der Waals surface area contributed by atoms with Crippen molar-refractivity contribution in [1.82, 2.24) is 9.88 Å². The molecule has 1 fully saturated rings. The highest BCUT2D eigenvalue weighted by Gasteiger charge is 2.31. The largest absolute Gasteiger partial charge is 0.379 e. The lowest BCUT2D eigenvalue weighted by Crippen LogP contribution is -2.49. The third-order valence-corrected chi connectivity index (χ3v) is 3.64. The number of aryl methyl sites for hydroxylation is 1. The minimum absolute atomic E-state index is 0.167.